The van der Waals surface area contributed by atoms with Crippen LogP contribution in [0.25, 0.3) is 0 Å². The molecule has 7 nitrogen and oxygen atoms in total. The first kappa shape index (κ1) is 21.7. The Balaban J connectivity index is 1.59. The first-order valence-electron chi connectivity index (χ1n) is 9.55. The Bertz CT molecular complexity index is 1010. The third kappa shape index (κ3) is 6.24. The SMILES string of the molecule is COc1cc(NC(=O)COC(=O)c2ccccc2OCc2ccccc2)cc(OC)c1. The summed E-state index contributed by atoms with van der Waals surface area (Å²) in [6.45, 7) is -0.144. The Labute approximate surface area is 180 Å². The first-order chi connectivity index (χ1) is 15.1. The lowest BCUT2D eigenvalue weighted by molar-refractivity contribution is -0.119. The van der Waals surface area contributed by atoms with Crippen LogP contribution in [0.2, 0.25) is 0 Å². The topological polar surface area (TPSA) is 83.1 Å². The van der Waals surface area contributed by atoms with E-state index in [1.165, 1.54) is 14.2 Å². The zero-order chi connectivity index (χ0) is 22.1. The molecule has 0 aromatic heterocycles. The summed E-state index contributed by atoms with van der Waals surface area (Å²) >= 11 is 0. The van der Waals surface area contributed by atoms with Gasteiger partial charge in [0.05, 0.1) is 14.2 Å². The Hall–Kier alpha value is -4.00. The maximum absolute atomic E-state index is 12.5. The molecule has 3 aromatic rings. The molecule has 0 spiro atoms. The molecule has 0 bridgehead atoms. The Morgan fingerprint density at radius 1 is 0.839 bits per heavy atom. The summed E-state index contributed by atoms with van der Waals surface area (Å²) in [5.41, 5.74) is 1.68. The Kier molecular flexibility index (Phi) is 7.48. The van der Waals surface area contributed by atoms with Gasteiger partial charge in [0, 0.05) is 23.9 Å². The van der Waals surface area contributed by atoms with Crippen molar-refractivity contribution in [2.24, 2.45) is 0 Å². The molecule has 1 amide bonds. The van der Waals surface area contributed by atoms with E-state index in [2.05, 4.69) is 5.32 Å². The number of nitrogens with one attached hydrogen (secondary N) is 1. The van der Waals surface area contributed by atoms with Crippen molar-refractivity contribution in [3.63, 3.8) is 0 Å². The molecule has 31 heavy (non-hydrogen) atoms. The van der Waals surface area contributed by atoms with Gasteiger partial charge in [0.2, 0.25) is 0 Å². The molecule has 0 radical (unpaired) electrons. The maximum Gasteiger partial charge on any atom is 0.342 e. The van der Waals surface area contributed by atoms with E-state index >= 15 is 0 Å². The third-order valence-electron chi connectivity index (χ3n) is 4.31. The van der Waals surface area contributed by atoms with Gasteiger partial charge in [-0.2, -0.15) is 0 Å². The minimum absolute atomic E-state index is 0.245. The number of para-hydroxylation sites is 1. The van der Waals surface area contributed by atoms with Gasteiger partial charge < -0.3 is 24.3 Å². The van der Waals surface area contributed by atoms with Crippen LogP contribution in [0.1, 0.15) is 15.9 Å². The van der Waals surface area contributed by atoms with E-state index in [1.807, 2.05) is 30.3 Å². The fourth-order valence-corrected chi connectivity index (χ4v) is 2.78. The molecule has 0 aliphatic carbocycles. The number of esters is 1. The Morgan fingerprint density at radius 3 is 2.16 bits per heavy atom. The second-order valence-corrected chi connectivity index (χ2v) is 6.50. The van der Waals surface area contributed by atoms with Crippen LogP contribution in [-0.4, -0.2) is 32.7 Å². The van der Waals surface area contributed by atoms with Crippen LogP contribution in [-0.2, 0) is 16.1 Å². The summed E-state index contributed by atoms with van der Waals surface area (Å²) in [5, 5.41) is 2.65. The molecule has 0 aliphatic heterocycles. The minimum atomic E-state index is -0.651. The zero-order valence-electron chi connectivity index (χ0n) is 17.3. The van der Waals surface area contributed by atoms with E-state index in [9.17, 15) is 9.59 Å². The van der Waals surface area contributed by atoms with Gasteiger partial charge in [0.25, 0.3) is 5.91 Å². The molecule has 0 fully saturated rings. The van der Waals surface area contributed by atoms with Crippen molar-refractivity contribution in [2.75, 3.05) is 26.1 Å². The van der Waals surface area contributed by atoms with Crippen LogP contribution in [0, 0.1) is 0 Å². The van der Waals surface area contributed by atoms with Crippen LogP contribution < -0.4 is 19.5 Å². The lowest BCUT2D eigenvalue weighted by atomic mass is 10.2. The predicted octanol–water partition coefficient (Wildman–Crippen LogP) is 4.08. The molecule has 3 rings (SSSR count). The average molecular weight is 421 g/mol. The van der Waals surface area contributed by atoms with Crippen molar-refractivity contribution in [3.05, 3.63) is 83.9 Å². The molecule has 0 heterocycles. The van der Waals surface area contributed by atoms with Crippen molar-refractivity contribution < 1.29 is 28.5 Å². The number of rotatable bonds is 9. The van der Waals surface area contributed by atoms with Crippen molar-refractivity contribution in [1.29, 1.82) is 0 Å². The van der Waals surface area contributed by atoms with Crippen molar-refractivity contribution in [3.8, 4) is 17.2 Å². The van der Waals surface area contributed by atoms with E-state index in [0.29, 0.717) is 29.5 Å². The average Bonchev–Trinajstić information content (AvgIpc) is 2.81. The fraction of sp³-hybridized carbons (Fsp3) is 0.167. The zero-order valence-corrected chi connectivity index (χ0v) is 17.3. The summed E-state index contributed by atoms with van der Waals surface area (Å²) in [7, 11) is 3.03. The summed E-state index contributed by atoms with van der Waals surface area (Å²) in [5.74, 6) is 0.287. The highest BCUT2D eigenvalue weighted by Crippen LogP contribution is 2.26. The number of ether oxygens (including phenoxy) is 4. The number of hydrogen-bond donors (Lipinski definition) is 1. The van der Waals surface area contributed by atoms with Crippen molar-refractivity contribution in [2.45, 2.75) is 6.61 Å². The van der Waals surface area contributed by atoms with Gasteiger partial charge in [-0.3, -0.25) is 4.79 Å². The number of hydrogen-bond acceptors (Lipinski definition) is 6. The quantitative estimate of drug-likeness (QED) is 0.524. The lowest BCUT2D eigenvalue weighted by Gasteiger charge is -2.12. The number of benzene rings is 3. The molecule has 0 aliphatic rings. The van der Waals surface area contributed by atoms with Gasteiger partial charge in [-0.15, -0.1) is 0 Å². The molecule has 7 heteroatoms. The normalized spacial score (nSPS) is 10.1. The number of carbonyl (C=O) groups excluding carboxylic acids is 2. The van der Waals surface area contributed by atoms with E-state index in [0.717, 1.165) is 5.56 Å². The smallest absolute Gasteiger partial charge is 0.342 e. The standard InChI is InChI=1S/C24H23NO6/c1-28-19-12-18(13-20(14-19)29-2)25-23(26)16-31-24(27)21-10-6-7-11-22(21)30-15-17-8-4-3-5-9-17/h3-14H,15-16H2,1-2H3,(H,25,26). The molecule has 1 N–H and O–H groups in total. The van der Waals surface area contributed by atoms with Gasteiger partial charge >= 0.3 is 5.97 Å². The first-order valence-corrected chi connectivity index (χ1v) is 9.55. The predicted molar refractivity (Wildman–Crippen MR) is 116 cm³/mol. The molecule has 0 saturated heterocycles. The van der Waals surface area contributed by atoms with E-state index < -0.39 is 18.5 Å². The highest BCUT2D eigenvalue weighted by Gasteiger charge is 2.16. The molecular weight excluding hydrogens is 398 g/mol. The van der Waals surface area contributed by atoms with Gasteiger partial charge in [-0.25, -0.2) is 4.79 Å². The van der Waals surface area contributed by atoms with Gasteiger partial charge in [0.15, 0.2) is 6.61 Å². The number of amides is 1. The van der Waals surface area contributed by atoms with Gasteiger partial charge in [-0.1, -0.05) is 42.5 Å². The lowest BCUT2D eigenvalue weighted by Crippen LogP contribution is -2.21. The molecule has 0 unspecified atom stereocenters. The van der Waals surface area contributed by atoms with Crippen LogP contribution in [0.3, 0.4) is 0 Å². The van der Waals surface area contributed by atoms with Crippen LogP contribution in [0.4, 0.5) is 5.69 Å². The van der Waals surface area contributed by atoms with Crippen LogP contribution >= 0.6 is 0 Å². The number of anilines is 1. The molecule has 0 saturated carbocycles. The largest absolute Gasteiger partial charge is 0.497 e. The van der Waals surface area contributed by atoms with Crippen LogP contribution in [0.5, 0.6) is 17.2 Å². The summed E-state index contributed by atoms with van der Waals surface area (Å²) < 4.78 is 21.3. The van der Waals surface area contributed by atoms with Crippen molar-refractivity contribution >= 4 is 17.6 Å². The second kappa shape index (κ2) is 10.7. The molecule has 160 valence electrons. The fourth-order valence-electron chi connectivity index (χ4n) is 2.78. The highest BCUT2D eigenvalue weighted by atomic mass is 16.5. The van der Waals surface area contributed by atoms with Gasteiger partial charge in [-0.05, 0) is 17.7 Å². The minimum Gasteiger partial charge on any atom is -0.497 e. The number of carbonyl (C=O) groups is 2. The third-order valence-corrected chi connectivity index (χ3v) is 4.31. The van der Waals surface area contributed by atoms with E-state index in [4.69, 9.17) is 18.9 Å². The van der Waals surface area contributed by atoms with Crippen molar-refractivity contribution in [1.82, 2.24) is 0 Å². The maximum atomic E-state index is 12.5. The molecule has 3 aromatic carbocycles. The number of methoxy groups -OCH3 is 2. The van der Waals surface area contributed by atoms with E-state index in [1.54, 1.807) is 42.5 Å². The molecule has 0 atom stereocenters. The monoisotopic (exact) mass is 421 g/mol. The van der Waals surface area contributed by atoms with Crippen LogP contribution in [0.15, 0.2) is 72.8 Å². The summed E-state index contributed by atoms with van der Waals surface area (Å²) in [6.07, 6.45) is 0. The Morgan fingerprint density at radius 2 is 1.48 bits per heavy atom. The molecular formula is C24H23NO6. The highest BCUT2D eigenvalue weighted by molar-refractivity contribution is 5.97. The summed E-state index contributed by atoms with van der Waals surface area (Å²) in [4.78, 5) is 24.8. The van der Waals surface area contributed by atoms with E-state index in [-0.39, 0.29) is 5.56 Å². The second-order valence-electron chi connectivity index (χ2n) is 6.50. The summed E-state index contributed by atoms with van der Waals surface area (Å²) in [6, 6.07) is 21.3. The van der Waals surface area contributed by atoms with Gasteiger partial charge in [0.1, 0.15) is 29.4 Å².